The molecule has 0 bridgehead atoms. The van der Waals surface area contributed by atoms with Crippen LogP contribution in [0.3, 0.4) is 0 Å². The number of rotatable bonds is 3. The number of hydrogen-bond acceptors (Lipinski definition) is 4. The van der Waals surface area contributed by atoms with Crippen LogP contribution in [0.1, 0.15) is 17.5 Å². The van der Waals surface area contributed by atoms with E-state index in [1.807, 2.05) is 30.3 Å². The highest BCUT2D eigenvalue weighted by molar-refractivity contribution is 5.65. The Morgan fingerprint density at radius 3 is 2.78 bits per heavy atom. The summed E-state index contributed by atoms with van der Waals surface area (Å²) in [5.41, 5.74) is 12.4. The number of nitrogen functional groups attached to an aromatic ring is 1. The van der Waals surface area contributed by atoms with Gasteiger partial charge in [0.2, 0.25) is 5.95 Å². The molecule has 1 aliphatic rings. The van der Waals surface area contributed by atoms with Crippen molar-refractivity contribution in [2.24, 2.45) is 0 Å². The lowest BCUT2D eigenvalue weighted by molar-refractivity contribution is 0.912. The Morgan fingerprint density at radius 1 is 0.957 bits per heavy atom. The van der Waals surface area contributed by atoms with Gasteiger partial charge in [0, 0.05) is 23.1 Å². The van der Waals surface area contributed by atoms with E-state index in [1.54, 1.807) is 6.20 Å². The molecule has 1 aromatic heterocycles. The van der Waals surface area contributed by atoms with Crippen LogP contribution >= 0.6 is 0 Å². The number of aromatic nitrogens is 2. The molecule has 0 unspecified atom stereocenters. The molecule has 0 atom stereocenters. The summed E-state index contributed by atoms with van der Waals surface area (Å²) >= 11 is 0. The van der Waals surface area contributed by atoms with Gasteiger partial charge in [0.25, 0.3) is 0 Å². The van der Waals surface area contributed by atoms with Crippen molar-refractivity contribution in [1.29, 1.82) is 0 Å². The fourth-order valence-electron chi connectivity index (χ4n) is 3.06. The zero-order valence-corrected chi connectivity index (χ0v) is 12.8. The smallest absolute Gasteiger partial charge is 0.227 e. The number of benzene rings is 2. The van der Waals surface area contributed by atoms with Crippen LogP contribution in [0.2, 0.25) is 0 Å². The molecule has 23 heavy (non-hydrogen) atoms. The van der Waals surface area contributed by atoms with E-state index in [9.17, 15) is 0 Å². The summed E-state index contributed by atoms with van der Waals surface area (Å²) in [7, 11) is 0. The molecule has 114 valence electrons. The largest absolute Gasteiger partial charge is 0.399 e. The lowest BCUT2D eigenvalue weighted by Crippen LogP contribution is -1.99. The Hall–Kier alpha value is -2.88. The molecule has 1 heterocycles. The van der Waals surface area contributed by atoms with Crippen LogP contribution in [0.25, 0.3) is 11.3 Å². The van der Waals surface area contributed by atoms with Crippen LogP contribution in [0.4, 0.5) is 17.3 Å². The Balaban J connectivity index is 1.61. The van der Waals surface area contributed by atoms with Crippen molar-refractivity contribution >= 4 is 17.3 Å². The predicted octanol–water partition coefficient (Wildman–Crippen LogP) is 3.96. The summed E-state index contributed by atoms with van der Waals surface area (Å²) < 4.78 is 0. The zero-order valence-electron chi connectivity index (χ0n) is 12.8. The van der Waals surface area contributed by atoms with Crippen molar-refractivity contribution in [1.82, 2.24) is 9.97 Å². The van der Waals surface area contributed by atoms with E-state index in [2.05, 4.69) is 33.5 Å². The molecule has 3 aromatic rings. The molecule has 4 heteroatoms. The Morgan fingerprint density at radius 2 is 1.87 bits per heavy atom. The van der Waals surface area contributed by atoms with Crippen LogP contribution in [0, 0.1) is 0 Å². The average Bonchev–Trinajstić information content (AvgIpc) is 3.03. The van der Waals surface area contributed by atoms with Gasteiger partial charge in [0.1, 0.15) is 0 Å². The molecule has 0 saturated heterocycles. The predicted molar refractivity (Wildman–Crippen MR) is 93.6 cm³/mol. The lowest BCUT2D eigenvalue weighted by Gasteiger charge is -2.08. The molecule has 0 aliphatic heterocycles. The van der Waals surface area contributed by atoms with E-state index in [0.717, 1.165) is 29.1 Å². The first-order valence-electron chi connectivity index (χ1n) is 7.86. The minimum absolute atomic E-state index is 0.600. The van der Waals surface area contributed by atoms with Crippen molar-refractivity contribution < 1.29 is 0 Å². The van der Waals surface area contributed by atoms with Crippen molar-refractivity contribution in [3.8, 4) is 11.3 Å². The van der Waals surface area contributed by atoms with E-state index < -0.39 is 0 Å². The van der Waals surface area contributed by atoms with E-state index in [1.165, 1.54) is 24.0 Å². The number of anilines is 3. The highest BCUT2D eigenvalue weighted by Crippen LogP contribution is 2.26. The number of hydrogen-bond donors (Lipinski definition) is 2. The summed E-state index contributed by atoms with van der Waals surface area (Å²) in [6, 6.07) is 16.1. The Bertz CT molecular complexity index is 857. The SMILES string of the molecule is Nc1cccc(-c2ccnc(Nc3ccc4c(c3)CCC4)n2)c1. The monoisotopic (exact) mass is 302 g/mol. The summed E-state index contributed by atoms with van der Waals surface area (Å²) in [6.45, 7) is 0. The number of nitrogens with zero attached hydrogens (tertiary/aromatic N) is 2. The fraction of sp³-hybridized carbons (Fsp3) is 0.158. The molecular weight excluding hydrogens is 284 g/mol. The molecule has 0 saturated carbocycles. The first-order chi connectivity index (χ1) is 11.3. The highest BCUT2D eigenvalue weighted by atomic mass is 15.1. The van der Waals surface area contributed by atoms with Crippen LogP contribution in [0.15, 0.2) is 54.7 Å². The van der Waals surface area contributed by atoms with Crippen LogP contribution in [-0.4, -0.2) is 9.97 Å². The second kappa shape index (κ2) is 5.72. The molecular formula is C19H18N4. The molecule has 4 nitrogen and oxygen atoms in total. The van der Waals surface area contributed by atoms with Gasteiger partial charge >= 0.3 is 0 Å². The van der Waals surface area contributed by atoms with E-state index >= 15 is 0 Å². The fourth-order valence-corrected chi connectivity index (χ4v) is 3.06. The summed E-state index contributed by atoms with van der Waals surface area (Å²) in [6.07, 6.45) is 5.37. The van der Waals surface area contributed by atoms with Gasteiger partial charge in [-0.2, -0.15) is 0 Å². The van der Waals surface area contributed by atoms with Crippen molar-refractivity contribution in [3.63, 3.8) is 0 Å². The first-order valence-corrected chi connectivity index (χ1v) is 7.86. The van der Waals surface area contributed by atoms with Gasteiger partial charge in [-0.15, -0.1) is 0 Å². The van der Waals surface area contributed by atoms with Gasteiger partial charge < -0.3 is 11.1 Å². The minimum Gasteiger partial charge on any atom is -0.399 e. The molecule has 0 spiro atoms. The standard InChI is InChI=1S/C19H18N4/c20-16-6-2-5-15(11-16)18-9-10-21-19(23-18)22-17-8-7-13-3-1-4-14(13)12-17/h2,5-12H,1,3-4,20H2,(H,21,22,23). The quantitative estimate of drug-likeness (QED) is 0.719. The number of fused-ring (bicyclic) bond motifs is 1. The average molecular weight is 302 g/mol. The van der Waals surface area contributed by atoms with Gasteiger partial charge in [-0.05, 0) is 60.7 Å². The molecule has 1 aliphatic carbocycles. The normalized spacial score (nSPS) is 12.9. The van der Waals surface area contributed by atoms with Gasteiger partial charge in [-0.3, -0.25) is 0 Å². The third-order valence-corrected chi connectivity index (χ3v) is 4.19. The third kappa shape index (κ3) is 2.88. The van der Waals surface area contributed by atoms with Gasteiger partial charge in [-0.25, -0.2) is 9.97 Å². The molecule has 0 amide bonds. The maximum Gasteiger partial charge on any atom is 0.227 e. The summed E-state index contributed by atoms with van der Waals surface area (Å²) in [4.78, 5) is 8.92. The number of nitrogens with one attached hydrogen (secondary N) is 1. The van der Waals surface area contributed by atoms with E-state index in [4.69, 9.17) is 5.73 Å². The van der Waals surface area contributed by atoms with Gasteiger partial charge in [0.15, 0.2) is 0 Å². The lowest BCUT2D eigenvalue weighted by atomic mass is 10.1. The molecule has 0 fully saturated rings. The highest BCUT2D eigenvalue weighted by Gasteiger charge is 2.11. The molecule has 0 radical (unpaired) electrons. The van der Waals surface area contributed by atoms with Gasteiger partial charge in [-0.1, -0.05) is 18.2 Å². The number of aryl methyl sites for hydroxylation is 2. The maximum atomic E-state index is 5.85. The van der Waals surface area contributed by atoms with E-state index in [0.29, 0.717) is 5.95 Å². The van der Waals surface area contributed by atoms with Crippen LogP contribution in [-0.2, 0) is 12.8 Å². The van der Waals surface area contributed by atoms with Crippen molar-refractivity contribution in [3.05, 3.63) is 65.9 Å². The zero-order chi connectivity index (χ0) is 15.6. The van der Waals surface area contributed by atoms with Crippen LogP contribution in [0.5, 0.6) is 0 Å². The third-order valence-electron chi connectivity index (χ3n) is 4.19. The summed E-state index contributed by atoms with van der Waals surface area (Å²) in [5.74, 6) is 0.600. The van der Waals surface area contributed by atoms with E-state index in [-0.39, 0.29) is 0 Å². The molecule has 3 N–H and O–H groups in total. The molecule has 2 aromatic carbocycles. The van der Waals surface area contributed by atoms with Crippen LogP contribution < -0.4 is 11.1 Å². The Kier molecular flexibility index (Phi) is 3.42. The Labute approximate surface area is 135 Å². The van der Waals surface area contributed by atoms with Crippen molar-refractivity contribution in [2.45, 2.75) is 19.3 Å². The summed E-state index contributed by atoms with van der Waals surface area (Å²) in [5, 5.41) is 3.30. The molecule has 4 rings (SSSR count). The minimum atomic E-state index is 0.600. The first kappa shape index (κ1) is 13.8. The van der Waals surface area contributed by atoms with Gasteiger partial charge in [0.05, 0.1) is 5.69 Å². The topological polar surface area (TPSA) is 63.8 Å². The second-order valence-electron chi connectivity index (χ2n) is 5.85. The second-order valence-corrected chi connectivity index (χ2v) is 5.85. The van der Waals surface area contributed by atoms with Crippen molar-refractivity contribution in [2.75, 3.05) is 11.1 Å². The number of nitrogens with two attached hydrogens (primary N) is 1. The maximum absolute atomic E-state index is 5.85.